The number of benzene rings is 5. The van der Waals surface area contributed by atoms with Gasteiger partial charge in [-0.05, 0) is 36.4 Å². The first kappa shape index (κ1) is 24.6. The summed E-state index contributed by atoms with van der Waals surface area (Å²) in [6, 6.07) is 31.5. The second-order valence-electron chi connectivity index (χ2n) is 8.35. The fourth-order valence-corrected chi connectivity index (χ4v) is 4.29. The van der Waals surface area contributed by atoms with Gasteiger partial charge in [0.05, 0.1) is 14.2 Å². The van der Waals surface area contributed by atoms with Gasteiger partial charge < -0.3 is 18.9 Å². The third-order valence-corrected chi connectivity index (χ3v) is 6.10. The standard InChI is InChI=1S/C34H26O4/c1-35-31-19-21-33(29-17-7-5-15-27(29)31)37-23-9-13-25-11-3-4-12-26(25)14-10-24-38-34-22-20-32(36-2)28-16-6-8-18-30(28)34/h3-8,11-12,15-22H,23-24H2,1-2H3. The van der Waals surface area contributed by atoms with Crippen LogP contribution in [0.5, 0.6) is 23.0 Å². The second-order valence-corrected chi connectivity index (χ2v) is 8.35. The van der Waals surface area contributed by atoms with E-state index < -0.39 is 0 Å². The van der Waals surface area contributed by atoms with Crippen molar-refractivity contribution in [3.05, 3.63) is 108 Å². The van der Waals surface area contributed by atoms with Crippen molar-refractivity contribution < 1.29 is 18.9 Å². The summed E-state index contributed by atoms with van der Waals surface area (Å²) in [5.74, 6) is 15.8. The van der Waals surface area contributed by atoms with Gasteiger partial charge in [0.1, 0.15) is 36.2 Å². The zero-order chi connectivity index (χ0) is 26.2. The molecule has 0 aromatic heterocycles. The molecule has 5 aromatic rings. The third kappa shape index (κ3) is 5.36. The van der Waals surface area contributed by atoms with Crippen LogP contribution in [0.4, 0.5) is 0 Å². The molecule has 0 aliphatic heterocycles. The van der Waals surface area contributed by atoms with Crippen LogP contribution in [0.15, 0.2) is 97.1 Å². The smallest absolute Gasteiger partial charge is 0.149 e. The molecule has 5 aromatic carbocycles. The lowest BCUT2D eigenvalue weighted by Crippen LogP contribution is -1.97. The third-order valence-electron chi connectivity index (χ3n) is 6.10. The lowest BCUT2D eigenvalue weighted by molar-refractivity contribution is 0.373. The van der Waals surface area contributed by atoms with Crippen molar-refractivity contribution in [2.24, 2.45) is 0 Å². The Hall–Kier alpha value is -5.06. The van der Waals surface area contributed by atoms with Crippen molar-refractivity contribution in [2.45, 2.75) is 0 Å². The molecule has 0 saturated heterocycles. The highest BCUT2D eigenvalue weighted by atomic mass is 16.5. The maximum absolute atomic E-state index is 5.99. The minimum atomic E-state index is 0.256. The quantitative estimate of drug-likeness (QED) is 0.239. The van der Waals surface area contributed by atoms with E-state index in [0.717, 1.165) is 55.7 Å². The van der Waals surface area contributed by atoms with Crippen molar-refractivity contribution in [1.29, 1.82) is 0 Å². The van der Waals surface area contributed by atoms with E-state index in [9.17, 15) is 0 Å². The molecule has 0 saturated carbocycles. The average molecular weight is 499 g/mol. The molecule has 0 fully saturated rings. The number of ether oxygens (including phenoxy) is 4. The molecule has 0 atom stereocenters. The average Bonchev–Trinajstić information content (AvgIpc) is 2.98. The van der Waals surface area contributed by atoms with Gasteiger partial charge in [-0.25, -0.2) is 0 Å². The van der Waals surface area contributed by atoms with E-state index in [1.807, 2.05) is 97.1 Å². The Kier molecular flexibility index (Phi) is 7.64. The number of hydrogen-bond acceptors (Lipinski definition) is 4. The van der Waals surface area contributed by atoms with Crippen LogP contribution in [0.1, 0.15) is 11.1 Å². The molecule has 186 valence electrons. The van der Waals surface area contributed by atoms with Crippen molar-refractivity contribution in [3.8, 4) is 46.7 Å². The van der Waals surface area contributed by atoms with Gasteiger partial charge in [-0.3, -0.25) is 0 Å². The number of fused-ring (bicyclic) bond motifs is 2. The van der Waals surface area contributed by atoms with Gasteiger partial charge in [0, 0.05) is 32.7 Å². The van der Waals surface area contributed by atoms with Gasteiger partial charge >= 0.3 is 0 Å². The van der Waals surface area contributed by atoms with Crippen LogP contribution in [-0.4, -0.2) is 27.4 Å². The van der Waals surface area contributed by atoms with Crippen molar-refractivity contribution >= 4 is 21.5 Å². The highest BCUT2D eigenvalue weighted by Gasteiger charge is 2.07. The first-order valence-electron chi connectivity index (χ1n) is 12.2. The molecule has 0 unspecified atom stereocenters. The van der Waals surface area contributed by atoms with E-state index in [1.54, 1.807) is 14.2 Å². The van der Waals surface area contributed by atoms with E-state index in [1.165, 1.54) is 0 Å². The molecule has 0 bridgehead atoms. The number of rotatable bonds is 6. The monoisotopic (exact) mass is 498 g/mol. The second kappa shape index (κ2) is 11.8. The van der Waals surface area contributed by atoms with Gasteiger partial charge in [-0.15, -0.1) is 0 Å². The van der Waals surface area contributed by atoms with Gasteiger partial charge in [0.2, 0.25) is 0 Å². The molecule has 4 nitrogen and oxygen atoms in total. The molecule has 0 aliphatic carbocycles. The van der Waals surface area contributed by atoms with Gasteiger partial charge in [0.15, 0.2) is 0 Å². The normalized spacial score (nSPS) is 10.2. The SMILES string of the molecule is COc1ccc(OCC#Cc2ccccc2C#CCOc2ccc(OC)c3ccccc23)c2ccccc12. The number of hydrogen-bond donors (Lipinski definition) is 0. The summed E-state index contributed by atoms with van der Waals surface area (Å²) in [7, 11) is 3.34. The summed E-state index contributed by atoms with van der Waals surface area (Å²) in [5.41, 5.74) is 1.69. The lowest BCUT2D eigenvalue weighted by atomic mass is 10.1. The minimum absolute atomic E-state index is 0.256. The summed E-state index contributed by atoms with van der Waals surface area (Å²) < 4.78 is 22.9. The molecule has 0 aliphatic rings. The summed E-state index contributed by atoms with van der Waals surface area (Å²) in [6.45, 7) is 0.511. The van der Waals surface area contributed by atoms with Crippen LogP contribution in [-0.2, 0) is 0 Å². The van der Waals surface area contributed by atoms with Crippen molar-refractivity contribution in [2.75, 3.05) is 27.4 Å². The van der Waals surface area contributed by atoms with Gasteiger partial charge in [-0.2, -0.15) is 0 Å². The summed E-state index contributed by atoms with van der Waals surface area (Å²) in [4.78, 5) is 0. The summed E-state index contributed by atoms with van der Waals surface area (Å²) in [5, 5.41) is 3.99. The zero-order valence-corrected chi connectivity index (χ0v) is 21.3. The van der Waals surface area contributed by atoms with Crippen LogP contribution < -0.4 is 18.9 Å². The largest absolute Gasteiger partial charge is 0.496 e. The van der Waals surface area contributed by atoms with Crippen LogP contribution in [0.25, 0.3) is 21.5 Å². The van der Waals surface area contributed by atoms with Crippen molar-refractivity contribution in [1.82, 2.24) is 0 Å². The molecule has 0 spiro atoms. The highest BCUT2D eigenvalue weighted by Crippen LogP contribution is 2.33. The Morgan fingerprint density at radius 1 is 0.447 bits per heavy atom. The van der Waals surface area contributed by atoms with E-state index in [2.05, 4.69) is 23.7 Å². The Morgan fingerprint density at radius 3 is 1.18 bits per heavy atom. The van der Waals surface area contributed by atoms with Crippen LogP contribution in [0.2, 0.25) is 0 Å². The predicted octanol–water partition coefficient (Wildman–Crippen LogP) is 6.87. The maximum atomic E-state index is 5.99. The minimum Gasteiger partial charge on any atom is -0.496 e. The van der Waals surface area contributed by atoms with Gasteiger partial charge in [-0.1, -0.05) is 84.3 Å². The van der Waals surface area contributed by atoms with Gasteiger partial charge in [0.25, 0.3) is 0 Å². The molecule has 0 heterocycles. The zero-order valence-electron chi connectivity index (χ0n) is 21.3. The fourth-order valence-electron chi connectivity index (χ4n) is 4.29. The van der Waals surface area contributed by atoms with E-state index >= 15 is 0 Å². The van der Waals surface area contributed by atoms with E-state index in [-0.39, 0.29) is 13.2 Å². The Balaban J connectivity index is 1.26. The Labute approximate surface area is 222 Å². The molecule has 5 rings (SSSR count). The summed E-state index contributed by atoms with van der Waals surface area (Å²) in [6.07, 6.45) is 0. The summed E-state index contributed by atoms with van der Waals surface area (Å²) >= 11 is 0. The molecule has 0 radical (unpaired) electrons. The molecule has 38 heavy (non-hydrogen) atoms. The van der Waals surface area contributed by atoms with Crippen LogP contribution in [0.3, 0.4) is 0 Å². The van der Waals surface area contributed by atoms with E-state index in [4.69, 9.17) is 18.9 Å². The molecule has 0 N–H and O–H groups in total. The molecule has 0 amide bonds. The van der Waals surface area contributed by atoms with Crippen molar-refractivity contribution in [3.63, 3.8) is 0 Å². The van der Waals surface area contributed by atoms with Crippen LogP contribution in [0, 0.1) is 23.7 Å². The molecular weight excluding hydrogens is 472 g/mol. The molecular formula is C34H26O4. The van der Waals surface area contributed by atoms with E-state index in [0.29, 0.717) is 0 Å². The number of methoxy groups -OCH3 is 2. The predicted molar refractivity (Wildman–Crippen MR) is 152 cm³/mol. The molecule has 4 heteroatoms. The lowest BCUT2D eigenvalue weighted by Gasteiger charge is -2.10. The van der Waals surface area contributed by atoms with Crippen LogP contribution >= 0.6 is 0 Å². The maximum Gasteiger partial charge on any atom is 0.149 e. The first-order chi connectivity index (χ1) is 18.8. The Bertz CT molecular complexity index is 1590. The topological polar surface area (TPSA) is 36.9 Å². The first-order valence-corrected chi connectivity index (χ1v) is 12.2. The highest BCUT2D eigenvalue weighted by molar-refractivity contribution is 5.94. The fraction of sp³-hybridized carbons (Fsp3) is 0.118. The Morgan fingerprint density at radius 2 is 0.789 bits per heavy atom.